The molecule has 106 valence electrons. The van der Waals surface area contributed by atoms with Crippen molar-refractivity contribution in [2.75, 3.05) is 39.5 Å². The molecular weight excluding hydrogens is 242 g/mol. The number of hydrogen-bond donors (Lipinski definition) is 1. The van der Waals surface area contributed by atoms with Crippen molar-refractivity contribution in [3.05, 3.63) is 30.3 Å². The van der Waals surface area contributed by atoms with Crippen LogP contribution < -0.4 is 4.74 Å². The Balaban J connectivity index is 1.46. The molecule has 0 spiro atoms. The van der Waals surface area contributed by atoms with E-state index in [9.17, 15) is 5.11 Å². The summed E-state index contributed by atoms with van der Waals surface area (Å²) < 4.78 is 11.1. The van der Waals surface area contributed by atoms with Crippen LogP contribution in [0.1, 0.15) is 12.8 Å². The molecule has 0 saturated carbocycles. The number of rotatable bonds is 7. The molecule has 1 aromatic rings. The van der Waals surface area contributed by atoms with Crippen LogP contribution in [0.15, 0.2) is 30.3 Å². The molecule has 1 fully saturated rings. The Morgan fingerprint density at radius 2 is 1.79 bits per heavy atom. The lowest BCUT2D eigenvalue weighted by Crippen LogP contribution is -2.37. The number of para-hydroxylation sites is 1. The normalized spacial score (nSPS) is 17.5. The maximum Gasteiger partial charge on any atom is 0.119 e. The molecule has 1 aromatic carbocycles. The number of nitrogens with zero attached hydrogens (tertiary/aromatic N) is 1. The first-order valence-corrected chi connectivity index (χ1v) is 7.00. The van der Waals surface area contributed by atoms with Crippen LogP contribution in [0.4, 0.5) is 0 Å². The lowest BCUT2D eigenvalue weighted by atomic mass is 10.1. The molecule has 0 aliphatic carbocycles. The van der Waals surface area contributed by atoms with Crippen LogP contribution in [0.3, 0.4) is 0 Å². The summed E-state index contributed by atoms with van der Waals surface area (Å²) in [6, 6.07) is 9.78. The predicted molar refractivity (Wildman–Crippen MR) is 74.4 cm³/mol. The first-order valence-electron chi connectivity index (χ1n) is 7.00. The van der Waals surface area contributed by atoms with Gasteiger partial charge in [-0.3, -0.25) is 0 Å². The van der Waals surface area contributed by atoms with Crippen molar-refractivity contribution >= 4 is 0 Å². The molecule has 0 radical (unpaired) electrons. The van der Waals surface area contributed by atoms with Crippen LogP contribution >= 0.6 is 0 Å². The standard InChI is InChI=1S/C15H23NO3/c17-14-6-8-16(9-7-14)10-11-18-12-13-19-15-4-2-1-3-5-15/h1-5,14,17H,6-13H2. The van der Waals surface area contributed by atoms with E-state index < -0.39 is 0 Å². The van der Waals surface area contributed by atoms with E-state index in [1.54, 1.807) is 0 Å². The fourth-order valence-electron chi connectivity index (χ4n) is 2.17. The first kappa shape index (κ1) is 14.3. The summed E-state index contributed by atoms with van der Waals surface area (Å²) in [4.78, 5) is 2.34. The van der Waals surface area contributed by atoms with Crippen molar-refractivity contribution in [2.24, 2.45) is 0 Å². The Morgan fingerprint density at radius 3 is 2.53 bits per heavy atom. The Kier molecular flexibility index (Phi) is 6.14. The highest BCUT2D eigenvalue weighted by atomic mass is 16.5. The SMILES string of the molecule is OC1CCN(CCOCCOc2ccccc2)CC1. The minimum Gasteiger partial charge on any atom is -0.491 e. The molecule has 0 unspecified atom stereocenters. The average molecular weight is 265 g/mol. The number of aliphatic hydroxyl groups is 1. The lowest BCUT2D eigenvalue weighted by Gasteiger charge is -2.29. The van der Waals surface area contributed by atoms with Crippen molar-refractivity contribution in [1.82, 2.24) is 4.90 Å². The number of hydrogen-bond acceptors (Lipinski definition) is 4. The highest BCUT2D eigenvalue weighted by Crippen LogP contribution is 2.09. The number of likely N-dealkylation sites (tertiary alicyclic amines) is 1. The van der Waals surface area contributed by atoms with Gasteiger partial charge in [-0.05, 0) is 25.0 Å². The van der Waals surface area contributed by atoms with Crippen LogP contribution in [-0.4, -0.2) is 55.6 Å². The summed E-state index contributed by atoms with van der Waals surface area (Å²) in [5.41, 5.74) is 0. The van der Waals surface area contributed by atoms with Crippen molar-refractivity contribution < 1.29 is 14.6 Å². The van der Waals surface area contributed by atoms with E-state index in [2.05, 4.69) is 4.90 Å². The maximum absolute atomic E-state index is 9.40. The van der Waals surface area contributed by atoms with E-state index in [1.165, 1.54) is 0 Å². The molecule has 4 heteroatoms. The zero-order valence-electron chi connectivity index (χ0n) is 11.3. The van der Waals surface area contributed by atoms with Gasteiger partial charge in [0.05, 0.1) is 19.3 Å². The quantitative estimate of drug-likeness (QED) is 0.759. The molecule has 2 rings (SSSR count). The zero-order chi connectivity index (χ0) is 13.3. The molecule has 0 amide bonds. The predicted octanol–water partition coefficient (Wildman–Crippen LogP) is 1.54. The number of piperidine rings is 1. The van der Waals surface area contributed by atoms with Gasteiger partial charge in [-0.2, -0.15) is 0 Å². The summed E-state index contributed by atoms with van der Waals surface area (Å²) in [7, 11) is 0. The summed E-state index contributed by atoms with van der Waals surface area (Å²) in [6.45, 7) is 4.83. The van der Waals surface area contributed by atoms with Gasteiger partial charge in [-0.1, -0.05) is 18.2 Å². The van der Waals surface area contributed by atoms with Gasteiger partial charge in [0.15, 0.2) is 0 Å². The second-order valence-electron chi connectivity index (χ2n) is 4.85. The minimum absolute atomic E-state index is 0.101. The average Bonchev–Trinajstić information content (AvgIpc) is 2.46. The highest BCUT2D eigenvalue weighted by molar-refractivity contribution is 5.20. The van der Waals surface area contributed by atoms with Gasteiger partial charge in [-0.25, -0.2) is 0 Å². The molecular formula is C15H23NO3. The summed E-state index contributed by atoms with van der Waals surface area (Å²) in [6.07, 6.45) is 1.67. The van der Waals surface area contributed by atoms with E-state index in [-0.39, 0.29) is 6.10 Å². The molecule has 19 heavy (non-hydrogen) atoms. The fraction of sp³-hybridized carbons (Fsp3) is 0.600. The van der Waals surface area contributed by atoms with Crippen molar-refractivity contribution in [1.29, 1.82) is 0 Å². The van der Waals surface area contributed by atoms with Crippen LogP contribution in [-0.2, 0) is 4.74 Å². The highest BCUT2D eigenvalue weighted by Gasteiger charge is 2.15. The second kappa shape index (κ2) is 8.15. The van der Waals surface area contributed by atoms with Crippen LogP contribution in [0, 0.1) is 0 Å². The van der Waals surface area contributed by atoms with E-state index >= 15 is 0 Å². The molecule has 0 bridgehead atoms. The van der Waals surface area contributed by atoms with E-state index in [1.807, 2.05) is 30.3 Å². The van der Waals surface area contributed by atoms with Crippen molar-refractivity contribution in [3.8, 4) is 5.75 Å². The third-order valence-electron chi connectivity index (χ3n) is 3.35. The van der Waals surface area contributed by atoms with Crippen molar-refractivity contribution in [3.63, 3.8) is 0 Å². The van der Waals surface area contributed by atoms with Gasteiger partial charge in [0, 0.05) is 19.6 Å². The number of ether oxygens (including phenoxy) is 2. The van der Waals surface area contributed by atoms with Crippen LogP contribution in [0.5, 0.6) is 5.75 Å². The van der Waals surface area contributed by atoms with Gasteiger partial charge >= 0.3 is 0 Å². The topological polar surface area (TPSA) is 41.9 Å². The Bertz CT molecular complexity index is 337. The van der Waals surface area contributed by atoms with E-state index in [4.69, 9.17) is 9.47 Å². The molecule has 1 N–H and O–H groups in total. The fourth-order valence-corrected chi connectivity index (χ4v) is 2.17. The van der Waals surface area contributed by atoms with Gasteiger partial charge in [-0.15, -0.1) is 0 Å². The molecule has 1 aliphatic rings. The molecule has 1 heterocycles. The number of benzene rings is 1. The third kappa shape index (κ3) is 5.59. The van der Waals surface area contributed by atoms with Crippen molar-refractivity contribution in [2.45, 2.75) is 18.9 Å². The van der Waals surface area contributed by atoms with Crippen LogP contribution in [0.25, 0.3) is 0 Å². The second-order valence-corrected chi connectivity index (χ2v) is 4.85. The molecule has 0 atom stereocenters. The molecule has 0 aromatic heterocycles. The maximum atomic E-state index is 9.40. The van der Waals surface area contributed by atoms with Gasteiger partial charge < -0.3 is 19.5 Å². The minimum atomic E-state index is -0.101. The number of aliphatic hydroxyl groups excluding tert-OH is 1. The van der Waals surface area contributed by atoms with E-state index in [0.29, 0.717) is 13.2 Å². The molecule has 4 nitrogen and oxygen atoms in total. The zero-order valence-corrected chi connectivity index (χ0v) is 11.3. The summed E-state index contributed by atoms with van der Waals surface area (Å²) in [5.74, 6) is 0.885. The largest absolute Gasteiger partial charge is 0.491 e. The monoisotopic (exact) mass is 265 g/mol. The first-order chi connectivity index (χ1) is 9.34. The summed E-state index contributed by atoms with van der Waals surface area (Å²) in [5, 5.41) is 9.40. The third-order valence-corrected chi connectivity index (χ3v) is 3.35. The molecule has 1 saturated heterocycles. The smallest absolute Gasteiger partial charge is 0.119 e. The summed E-state index contributed by atoms with van der Waals surface area (Å²) >= 11 is 0. The van der Waals surface area contributed by atoms with Gasteiger partial charge in [0.1, 0.15) is 12.4 Å². The van der Waals surface area contributed by atoms with Gasteiger partial charge in [0.2, 0.25) is 0 Å². The Morgan fingerprint density at radius 1 is 1.05 bits per heavy atom. The van der Waals surface area contributed by atoms with Crippen LogP contribution in [0.2, 0.25) is 0 Å². The van der Waals surface area contributed by atoms with Gasteiger partial charge in [0.25, 0.3) is 0 Å². The van der Waals surface area contributed by atoms with E-state index in [0.717, 1.165) is 44.8 Å². The molecule has 1 aliphatic heterocycles. The Labute approximate surface area is 114 Å². The Hall–Kier alpha value is -1.10. The lowest BCUT2D eigenvalue weighted by molar-refractivity contribution is 0.0480.